The summed E-state index contributed by atoms with van der Waals surface area (Å²) in [7, 11) is 1.71. The maximum Gasteiger partial charge on any atom is 0.119 e. The number of nitrogens with zero attached hydrogens (tertiary/aromatic N) is 3. The average molecular weight is 345 g/mol. The summed E-state index contributed by atoms with van der Waals surface area (Å²) < 4.78 is 7.74. The summed E-state index contributed by atoms with van der Waals surface area (Å²) in [4.78, 5) is 9.49. The number of aryl methyl sites for hydroxylation is 1. The molecule has 2 aromatic carbocycles. The molecule has 2 heterocycles. The summed E-state index contributed by atoms with van der Waals surface area (Å²) in [6.07, 6.45) is 5.16. The van der Waals surface area contributed by atoms with Gasteiger partial charge in [0.05, 0.1) is 24.3 Å². The summed E-state index contributed by atoms with van der Waals surface area (Å²) in [5.41, 5.74) is 4.36. The molecule has 2 aromatic heterocycles. The van der Waals surface area contributed by atoms with Gasteiger partial charge in [-0.15, -0.1) is 0 Å². The highest BCUT2D eigenvalue weighted by molar-refractivity contribution is 6.02. The number of aromatic nitrogens is 3. The second-order valence-electron chi connectivity index (χ2n) is 6.58. The Balaban J connectivity index is 1.89. The number of rotatable bonds is 6. The fourth-order valence-corrected chi connectivity index (χ4v) is 3.46. The van der Waals surface area contributed by atoms with Crippen molar-refractivity contribution in [2.75, 3.05) is 7.11 Å². The highest BCUT2D eigenvalue weighted by atomic mass is 16.5. The third kappa shape index (κ3) is 3.03. The zero-order chi connectivity index (χ0) is 17.9. The molecule has 4 rings (SSSR count). The van der Waals surface area contributed by atoms with Gasteiger partial charge in [-0.05, 0) is 30.2 Å². The van der Waals surface area contributed by atoms with Gasteiger partial charge in [0.2, 0.25) is 0 Å². The van der Waals surface area contributed by atoms with Crippen LogP contribution in [0.1, 0.15) is 31.2 Å². The Morgan fingerprint density at radius 1 is 1.04 bits per heavy atom. The van der Waals surface area contributed by atoms with Gasteiger partial charge < -0.3 is 9.30 Å². The van der Waals surface area contributed by atoms with Crippen molar-refractivity contribution in [3.63, 3.8) is 0 Å². The summed E-state index contributed by atoms with van der Waals surface area (Å²) in [5.74, 6) is 2.01. The number of pyridine rings is 1. The smallest absolute Gasteiger partial charge is 0.119 e. The summed E-state index contributed by atoms with van der Waals surface area (Å²) >= 11 is 0. The van der Waals surface area contributed by atoms with Gasteiger partial charge in [0, 0.05) is 18.4 Å². The fourth-order valence-electron chi connectivity index (χ4n) is 3.46. The molecule has 0 unspecified atom stereocenters. The molecule has 0 bridgehead atoms. The fraction of sp³-hybridized carbons (Fsp3) is 0.273. The van der Waals surface area contributed by atoms with Crippen LogP contribution in [-0.4, -0.2) is 21.6 Å². The number of hydrogen-bond donors (Lipinski definition) is 0. The highest BCUT2D eigenvalue weighted by Gasteiger charge is 2.14. The van der Waals surface area contributed by atoms with Crippen LogP contribution in [0.2, 0.25) is 0 Å². The Hall–Kier alpha value is -2.88. The van der Waals surface area contributed by atoms with Gasteiger partial charge >= 0.3 is 0 Å². The molecule has 0 amide bonds. The molecule has 0 aliphatic heterocycles. The molecule has 0 aliphatic carbocycles. The van der Waals surface area contributed by atoms with Crippen molar-refractivity contribution in [1.29, 1.82) is 0 Å². The Morgan fingerprint density at radius 3 is 2.77 bits per heavy atom. The van der Waals surface area contributed by atoms with E-state index in [9.17, 15) is 0 Å². The van der Waals surface area contributed by atoms with E-state index in [1.807, 2.05) is 24.4 Å². The Kier molecular flexibility index (Phi) is 4.57. The molecule has 4 heteroatoms. The molecular formula is C22H23N3O. The minimum atomic E-state index is 0.779. The molecule has 0 radical (unpaired) electrons. The van der Waals surface area contributed by atoms with E-state index in [0.29, 0.717) is 0 Å². The number of unbranched alkanes of at least 4 members (excludes halogenated alkanes) is 1. The predicted molar refractivity (Wildman–Crippen MR) is 106 cm³/mol. The number of para-hydroxylation sites is 1. The first kappa shape index (κ1) is 16.6. The van der Waals surface area contributed by atoms with Crippen LogP contribution >= 0.6 is 0 Å². The van der Waals surface area contributed by atoms with Crippen LogP contribution in [0.25, 0.3) is 21.9 Å². The van der Waals surface area contributed by atoms with Crippen molar-refractivity contribution < 1.29 is 4.74 Å². The van der Waals surface area contributed by atoms with E-state index in [-0.39, 0.29) is 0 Å². The zero-order valence-electron chi connectivity index (χ0n) is 15.3. The Labute approximate surface area is 153 Å². The lowest BCUT2D eigenvalue weighted by molar-refractivity contribution is 0.414. The normalized spacial score (nSPS) is 11.3. The van der Waals surface area contributed by atoms with Gasteiger partial charge in [0.25, 0.3) is 0 Å². The molecule has 0 fully saturated rings. The van der Waals surface area contributed by atoms with Crippen molar-refractivity contribution in [3.05, 3.63) is 66.1 Å². The lowest BCUT2D eigenvalue weighted by Crippen LogP contribution is -2.06. The van der Waals surface area contributed by atoms with E-state index < -0.39 is 0 Å². The average Bonchev–Trinajstić information content (AvgIpc) is 3.04. The van der Waals surface area contributed by atoms with Crippen LogP contribution in [-0.2, 0) is 13.0 Å². The van der Waals surface area contributed by atoms with E-state index in [4.69, 9.17) is 9.72 Å². The van der Waals surface area contributed by atoms with Gasteiger partial charge in [0.15, 0.2) is 0 Å². The Morgan fingerprint density at radius 2 is 1.92 bits per heavy atom. The topological polar surface area (TPSA) is 39.9 Å². The van der Waals surface area contributed by atoms with E-state index in [1.165, 1.54) is 11.1 Å². The predicted octanol–water partition coefficient (Wildman–Crippen LogP) is 4.98. The molecule has 0 saturated heterocycles. The first-order valence-electron chi connectivity index (χ1n) is 9.16. The van der Waals surface area contributed by atoms with Gasteiger partial charge in [-0.25, -0.2) is 4.98 Å². The van der Waals surface area contributed by atoms with E-state index in [1.54, 1.807) is 7.11 Å². The second-order valence-corrected chi connectivity index (χ2v) is 6.58. The van der Waals surface area contributed by atoms with E-state index in [0.717, 1.165) is 53.8 Å². The van der Waals surface area contributed by atoms with Crippen LogP contribution in [0.3, 0.4) is 0 Å². The minimum Gasteiger partial charge on any atom is -0.497 e. The van der Waals surface area contributed by atoms with Crippen molar-refractivity contribution in [3.8, 4) is 5.75 Å². The molecule has 4 nitrogen and oxygen atoms in total. The Bertz CT molecular complexity index is 1050. The molecule has 132 valence electrons. The maximum atomic E-state index is 5.39. The zero-order valence-corrected chi connectivity index (χ0v) is 15.3. The van der Waals surface area contributed by atoms with Crippen molar-refractivity contribution in [2.45, 2.75) is 32.7 Å². The van der Waals surface area contributed by atoms with Crippen LogP contribution in [0, 0.1) is 0 Å². The quantitative estimate of drug-likeness (QED) is 0.494. The van der Waals surface area contributed by atoms with Crippen LogP contribution in [0.4, 0.5) is 0 Å². The van der Waals surface area contributed by atoms with Gasteiger partial charge in [-0.2, -0.15) is 0 Å². The largest absolute Gasteiger partial charge is 0.497 e. The second kappa shape index (κ2) is 7.16. The minimum absolute atomic E-state index is 0.779. The molecule has 0 spiro atoms. The first-order valence-corrected chi connectivity index (χ1v) is 9.16. The lowest BCUT2D eigenvalue weighted by Gasteiger charge is -2.11. The number of benzene rings is 2. The van der Waals surface area contributed by atoms with Crippen molar-refractivity contribution in [2.24, 2.45) is 0 Å². The van der Waals surface area contributed by atoms with E-state index >= 15 is 0 Å². The number of ether oxygens (including phenoxy) is 1. The third-order valence-electron chi connectivity index (χ3n) is 4.79. The van der Waals surface area contributed by atoms with E-state index in [2.05, 4.69) is 46.8 Å². The SMILES string of the molecule is CCCCc1nc2cnc3ccccc3c2n1Cc1cccc(OC)c1. The third-order valence-corrected chi connectivity index (χ3v) is 4.79. The number of hydrogen-bond acceptors (Lipinski definition) is 3. The van der Waals surface area contributed by atoms with Crippen molar-refractivity contribution >= 4 is 21.9 Å². The molecule has 0 aliphatic rings. The standard InChI is InChI=1S/C22H23N3O/c1-3-4-12-21-24-20-14-23-19-11-6-5-10-18(19)22(20)25(21)15-16-8-7-9-17(13-16)26-2/h5-11,13-14H,3-4,12,15H2,1-2H3. The monoisotopic (exact) mass is 345 g/mol. The first-order chi connectivity index (χ1) is 12.8. The van der Waals surface area contributed by atoms with Crippen LogP contribution in [0.15, 0.2) is 54.7 Å². The van der Waals surface area contributed by atoms with Gasteiger partial charge in [-0.3, -0.25) is 4.98 Å². The molecule has 26 heavy (non-hydrogen) atoms. The number of methoxy groups -OCH3 is 1. The van der Waals surface area contributed by atoms with Gasteiger partial charge in [-0.1, -0.05) is 43.7 Å². The molecule has 4 aromatic rings. The lowest BCUT2D eigenvalue weighted by atomic mass is 10.1. The summed E-state index contributed by atoms with van der Waals surface area (Å²) in [6, 6.07) is 16.5. The molecule has 0 N–H and O–H groups in total. The maximum absolute atomic E-state index is 5.39. The highest BCUT2D eigenvalue weighted by Crippen LogP contribution is 2.27. The van der Waals surface area contributed by atoms with Crippen molar-refractivity contribution in [1.82, 2.24) is 14.5 Å². The van der Waals surface area contributed by atoms with Gasteiger partial charge in [0.1, 0.15) is 17.1 Å². The van der Waals surface area contributed by atoms with Crippen LogP contribution < -0.4 is 4.74 Å². The summed E-state index contributed by atoms with van der Waals surface area (Å²) in [5, 5.41) is 1.16. The van der Waals surface area contributed by atoms with Crippen LogP contribution in [0.5, 0.6) is 5.75 Å². The number of fused-ring (bicyclic) bond motifs is 3. The number of imidazole rings is 1. The molecular weight excluding hydrogens is 322 g/mol. The summed E-state index contributed by atoms with van der Waals surface area (Å²) in [6.45, 7) is 2.99. The molecule has 0 saturated carbocycles. The molecule has 0 atom stereocenters.